The maximum atomic E-state index is 5.86. The molecule has 1 aromatic heterocycles. The van der Waals surface area contributed by atoms with E-state index in [1.54, 1.807) is 0 Å². The van der Waals surface area contributed by atoms with Crippen molar-refractivity contribution >= 4 is 17.3 Å². The minimum atomic E-state index is 0.436. The number of anilines is 3. The third kappa shape index (κ3) is 3.91. The molecule has 0 radical (unpaired) electrons. The second-order valence-corrected chi connectivity index (χ2v) is 4.36. The number of hydrazine groups is 1. The smallest absolute Gasteiger partial charge is 0.168 e. The van der Waals surface area contributed by atoms with Crippen LogP contribution in [0, 0.1) is 0 Å². The number of hydrogen-bond donors (Lipinski definition) is 4. The number of ether oxygens (including phenoxy) is 1. The van der Waals surface area contributed by atoms with Crippen LogP contribution < -0.4 is 22.3 Å². The molecular weight excluding hydrogens is 246 g/mol. The van der Waals surface area contributed by atoms with Crippen molar-refractivity contribution in [2.45, 2.75) is 6.42 Å². The van der Waals surface area contributed by atoms with Crippen molar-refractivity contribution in [3.63, 3.8) is 0 Å². The van der Waals surface area contributed by atoms with Gasteiger partial charge in [-0.1, -0.05) is 0 Å². The van der Waals surface area contributed by atoms with Gasteiger partial charge in [-0.3, -0.25) is 4.90 Å². The van der Waals surface area contributed by atoms with Crippen LogP contribution in [0.25, 0.3) is 0 Å². The first-order valence-corrected chi connectivity index (χ1v) is 6.42. The van der Waals surface area contributed by atoms with Gasteiger partial charge in [0.2, 0.25) is 0 Å². The number of hydrogen-bond acceptors (Lipinski definition) is 8. The monoisotopic (exact) mass is 267 g/mol. The summed E-state index contributed by atoms with van der Waals surface area (Å²) in [5.74, 6) is 6.36. The first-order chi connectivity index (χ1) is 9.31. The molecule has 8 nitrogen and oxygen atoms in total. The van der Waals surface area contributed by atoms with Gasteiger partial charge in [0, 0.05) is 19.6 Å². The van der Waals surface area contributed by atoms with E-state index in [1.165, 1.54) is 6.33 Å². The second kappa shape index (κ2) is 7.07. The van der Waals surface area contributed by atoms with E-state index >= 15 is 0 Å². The Morgan fingerprint density at radius 1 is 1.26 bits per heavy atom. The van der Waals surface area contributed by atoms with Crippen LogP contribution in [0.2, 0.25) is 0 Å². The van der Waals surface area contributed by atoms with Gasteiger partial charge in [0.15, 0.2) is 11.6 Å². The largest absolute Gasteiger partial charge is 0.393 e. The van der Waals surface area contributed by atoms with Crippen molar-refractivity contribution in [3.8, 4) is 0 Å². The molecule has 106 valence electrons. The van der Waals surface area contributed by atoms with Crippen molar-refractivity contribution in [2.24, 2.45) is 5.84 Å². The molecule has 0 spiro atoms. The Kier molecular flexibility index (Phi) is 5.13. The zero-order valence-electron chi connectivity index (χ0n) is 10.9. The number of nitrogens with one attached hydrogen (secondary N) is 2. The molecule has 0 aliphatic carbocycles. The Labute approximate surface area is 112 Å². The van der Waals surface area contributed by atoms with Crippen LogP contribution in [0.5, 0.6) is 0 Å². The number of aromatic nitrogens is 2. The Bertz CT molecular complexity index is 395. The van der Waals surface area contributed by atoms with Gasteiger partial charge in [-0.15, -0.1) is 0 Å². The van der Waals surface area contributed by atoms with Gasteiger partial charge in [0.05, 0.1) is 13.2 Å². The number of nitrogens with zero attached hydrogens (tertiary/aromatic N) is 3. The summed E-state index contributed by atoms with van der Waals surface area (Å²) in [6.45, 7) is 5.54. The summed E-state index contributed by atoms with van der Waals surface area (Å²) in [5, 5.41) is 3.20. The number of morpholine rings is 1. The average Bonchev–Trinajstić information content (AvgIpc) is 2.46. The number of rotatable bonds is 6. The molecule has 0 amide bonds. The first kappa shape index (κ1) is 13.8. The molecule has 6 N–H and O–H groups in total. The SMILES string of the molecule is NNc1ncnc(NCCCN2CCOCC2)c1N. The van der Waals surface area contributed by atoms with Gasteiger partial charge in [-0.25, -0.2) is 15.8 Å². The standard InChI is InChI=1S/C11H21N7O/c12-9-10(15-8-16-11(9)17-13)14-2-1-3-18-4-6-19-7-5-18/h8H,1-7,12-13H2,(H2,14,15,16,17). The second-order valence-electron chi connectivity index (χ2n) is 4.36. The predicted octanol–water partition coefficient (Wildman–Crippen LogP) is -0.521. The zero-order chi connectivity index (χ0) is 13.5. The molecule has 1 aliphatic rings. The summed E-state index contributed by atoms with van der Waals surface area (Å²) >= 11 is 0. The predicted molar refractivity (Wildman–Crippen MR) is 74.6 cm³/mol. The fourth-order valence-electron chi connectivity index (χ4n) is 1.99. The number of nitrogen functional groups attached to an aromatic ring is 2. The van der Waals surface area contributed by atoms with E-state index in [0.29, 0.717) is 17.3 Å². The van der Waals surface area contributed by atoms with Gasteiger partial charge in [0.1, 0.15) is 12.0 Å². The summed E-state index contributed by atoms with van der Waals surface area (Å²) in [6, 6.07) is 0. The van der Waals surface area contributed by atoms with Gasteiger partial charge >= 0.3 is 0 Å². The maximum absolute atomic E-state index is 5.86. The Morgan fingerprint density at radius 3 is 2.74 bits per heavy atom. The summed E-state index contributed by atoms with van der Waals surface area (Å²) < 4.78 is 5.31. The highest BCUT2D eigenvalue weighted by molar-refractivity contribution is 5.73. The molecule has 0 saturated carbocycles. The molecular formula is C11H21N7O. The topological polar surface area (TPSA) is 114 Å². The highest BCUT2D eigenvalue weighted by atomic mass is 16.5. The first-order valence-electron chi connectivity index (χ1n) is 6.42. The zero-order valence-corrected chi connectivity index (χ0v) is 10.9. The van der Waals surface area contributed by atoms with Crippen LogP contribution in [0.3, 0.4) is 0 Å². The van der Waals surface area contributed by atoms with E-state index in [2.05, 4.69) is 25.6 Å². The van der Waals surface area contributed by atoms with Crippen molar-refractivity contribution < 1.29 is 4.74 Å². The molecule has 0 aromatic carbocycles. The molecule has 2 rings (SSSR count). The van der Waals surface area contributed by atoms with E-state index in [1.807, 2.05) is 0 Å². The van der Waals surface area contributed by atoms with E-state index in [9.17, 15) is 0 Å². The maximum Gasteiger partial charge on any atom is 0.168 e. The van der Waals surface area contributed by atoms with E-state index < -0.39 is 0 Å². The quantitative estimate of drug-likeness (QED) is 0.309. The Balaban J connectivity index is 1.73. The third-order valence-corrected chi connectivity index (χ3v) is 3.07. The lowest BCUT2D eigenvalue weighted by atomic mass is 10.3. The molecule has 19 heavy (non-hydrogen) atoms. The van der Waals surface area contributed by atoms with Crippen LogP contribution in [0.1, 0.15) is 6.42 Å². The van der Waals surface area contributed by atoms with Crippen molar-refractivity contribution in [2.75, 3.05) is 55.9 Å². The molecule has 8 heteroatoms. The van der Waals surface area contributed by atoms with Gasteiger partial charge < -0.3 is 21.2 Å². The molecule has 1 aromatic rings. The van der Waals surface area contributed by atoms with Crippen molar-refractivity contribution in [1.29, 1.82) is 0 Å². The fourth-order valence-corrected chi connectivity index (χ4v) is 1.99. The molecule has 2 heterocycles. The van der Waals surface area contributed by atoms with Crippen molar-refractivity contribution in [1.82, 2.24) is 14.9 Å². The Morgan fingerprint density at radius 2 is 2.00 bits per heavy atom. The van der Waals surface area contributed by atoms with E-state index in [-0.39, 0.29) is 0 Å². The molecule has 0 unspecified atom stereocenters. The fraction of sp³-hybridized carbons (Fsp3) is 0.636. The van der Waals surface area contributed by atoms with Crippen LogP contribution in [-0.2, 0) is 4.74 Å². The molecule has 0 atom stereocenters. The summed E-state index contributed by atoms with van der Waals surface area (Å²) in [7, 11) is 0. The van der Waals surface area contributed by atoms with Gasteiger partial charge in [-0.05, 0) is 13.0 Å². The molecule has 0 bridgehead atoms. The van der Waals surface area contributed by atoms with Crippen LogP contribution in [-0.4, -0.2) is 54.3 Å². The lowest BCUT2D eigenvalue weighted by Gasteiger charge is -2.26. The molecule has 1 saturated heterocycles. The molecule has 1 aliphatic heterocycles. The van der Waals surface area contributed by atoms with Gasteiger partial charge in [0.25, 0.3) is 0 Å². The van der Waals surface area contributed by atoms with Crippen molar-refractivity contribution in [3.05, 3.63) is 6.33 Å². The average molecular weight is 267 g/mol. The van der Waals surface area contributed by atoms with Crippen LogP contribution in [0.4, 0.5) is 17.3 Å². The normalized spacial score (nSPS) is 16.3. The minimum Gasteiger partial charge on any atom is -0.393 e. The summed E-state index contributed by atoms with van der Waals surface area (Å²) in [6.07, 6.45) is 2.45. The molecule has 1 fully saturated rings. The Hall–Kier alpha value is -1.64. The highest BCUT2D eigenvalue weighted by Gasteiger charge is 2.10. The minimum absolute atomic E-state index is 0.436. The lowest BCUT2D eigenvalue weighted by Crippen LogP contribution is -2.37. The highest BCUT2D eigenvalue weighted by Crippen LogP contribution is 2.20. The third-order valence-electron chi connectivity index (χ3n) is 3.07. The van der Waals surface area contributed by atoms with E-state index in [0.717, 1.165) is 45.8 Å². The van der Waals surface area contributed by atoms with Crippen LogP contribution >= 0.6 is 0 Å². The van der Waals surface area contributed by atoms with E-state index in [4.69, 9.17) is 16.3 Å². The van der Waals surface area contributed by atoms with Crippen LogP contribution in [0.15, 0.2) is 6.33 Å². The summed E-state index contributed by atoms with van der Waals surface area (Å²) in [4.78, 5) is 10.4. The summed E-state index contributed by atoms with van der Waals surface area (Å²) in [5.41, 5.74) is 8.74. The lowest BCUT2D eigenvalue weighted by molar-refractivity contribution is 0.0378. The van der Waals surface area contributed by atoms with Gasteiger partial charge in [-0.2, -0.15) is 0 Å². The number of nitrogens with two attached hydrogens (primary N) is 2.